The second-order valence-electron chi connectivity index (χ2n) is 12.1. The van der Waals surface area contributed by atoms with Crippen molar-refractivity contribution in [1.29, 1.82) is 0 Å². The van der Waals surface area contributed by atoms with Crippen molar-refractivity contribution >= 4 is 56.2 Å². The fourth-order valence-corrected chi connectivity index (χ4v) is 7.03. The van der Waals surface area contributed by atoms with Gasteiger partial charge in [0.2, 0.25) is 0 Å². The van der Waals surface area contributed by atoms with Crippen molar-refractivity contribution in [3.63, 3.8) is 0 Å². The van der Waals surface area contributed by atoms with Crippen molar-refractivity contribution in [2.24, 2.45) is 0 Å². The lowest BCUT2D eigenvalue weighted by Crippen LogP contribution is -2.31. The van der Waals surface area contributed by atoms with Gasteiger partial charge in [-0.15, -0.1) is 0 Å². The molecule has 0 saturated heterocycles. The number of hydrogen-bond acceptors (Lipinski definition) is 4. The van der Waals surface area contributed by atoms with Gasteiger partial charge >= 0.3 is 0 Å². The van der Waals surface area contributed by atoms with Gasteiger partial charge < -0.3 is 9.64 Å². The lowest BCUT2D eigenvalue weighted by molar-refractivity contribution is 0.0990. The molecule has 1 aliphatic carbocycles. The molecule has 0 atom stereocenters. The molecule has 0 spiro atoms. The molecule has 0 fully saturated rings. The molecule has 8 rings (SSSR count). The number of anilines is 3. The SMILES string of the molecule is COc1ccc2c(c1)C(C)(C)c1c(ccc3cc(C=C4C(=O)c5cc6ccccc6cc5C4=O)ccc13)N2c1ccccc1. The maximum atomic E-state index is 13.4. The molecule has 6 aromatic carbocycles. The third kappa shape index (κ3) is 3.77. The average molecular weight is 572 g/mol. The normalized spacial score (nSPS) is 14.9. The van der Waals surface area contributed by atoms with Crippen LogP contribution in [0, 0.1) is 0 Å². The number of ether oxygens (including phenoxy) is 1. The molecule has 0 N–H and O–H groups in total. The summed E-state index contributed by atoms with van der Waals surface area (Å²) in [6.07, 6.45) is 1.75. The maximum Gasteiger partial charge on any atom is 0.197 e. The Balaban J connectivity index is 1.27. The van der Waals surface area contributed by atoms with Gasteiger partial charge in [-0.1, -0.05) is 74.5 Å². The van der Waals surface area contributed by atoms with Gasteiger partial charge in [-0.25, -0.2) is 0 Å². The standard InChI is InChI=1S/C40H29NO3/c1-40(2)34-23-29(44-3)15-18-35(34)41(28-11-5-4-6-12-28)36-17-14-27-19-24(13-16-30(27)37(36)40)20-33-38(42)31-21-25-9-7-8-10-26(25)22-32(31)39(33)43/h4-23H,1-3H3. The summed E-state index contributed by atoms with van der Waals surface area (Å²) in [5.41, 5.74) is 7.39. The summed E-state index contributed by atoms with van der Waals surface area (Å²) < 4.78 is 5.65. The first-order valence-corrected chi connectivity index (χ1v) is 14.8. The summed E-state index contributed by atoms with van der Waals surface area (Å²) in [6.45, 7) is 4.53. The number of hydrogen-bond donors (Lipinski definition) is 0. The largest absolute Gasteiger partial charge is 0.497 e. The summed E-state index contributed by atoms with van der Waals surface area (Å²) >= 11 is 0. The molecule has 212 valence electrons. The van der Waals surface area contributed by atoms with E-state index in [1.807, 2.05) is 54.6 Å². The molecule has 4 heteroatoms. The molecule has 6 aromatic rings. The smallest absolute Gasteiger partial charge is 0.197 e. The fourth-order valence-electron chi connectivity index (χ4n) is 7.03. The molecular formula is C40H29NO3. The molecule has 4 nitrogen and oxygen atoms in total. The van der Waals surface area contributed by atoms with Crippen molar-refractivity contribution in [2.75, 3.05) is 12.0 Å². The second-order valence-corrected chi connectivity index (χ2v) is 12.1. The minimum Gasteiger partial charge on any atom is -0.497 e. The number of methoxy groups -OCH3 is 1. The first-order chi connectivity index (χ1) is 21.3. The Morgan fingerprint density at radius 2 is 1.32 bits per heavy atom. The third-order valence-corrected chi connectivity index (χ3v) is 9.20. The van der Waals surface area contributed by atoms with E-state index < -0.39 is 0 Å². The van der Waals surface area contributed by atoms with E-state index in [9.17, 15) is 9.59 Å². The summed E-state index contributed by atoms with van der Waals surface area (Å²) in [7, 11) is 1.70. The number of fused-ring (bicyclic) bond motifs is 6. The van der Waals surface area contributed by atoms with Gasteiger partial charge in [-0.05, 0) is 98.9 Å². The number of carbonyl (C=O) groups is 2. The zero-order valence-electron chi connectivity index (χ0n) is 24.7. The Morgan fingerprint density at radius 1 is 0.659 bits per heavy atom. The predicted octanol–water partition coefficient (Wildman–Crippen LogP) is 9.57. The van der Waals surface area contributed by atoms with Gasteiger partial charge in [0.05, 0.1) is 24.1 Å². The van der Waals surface area contributed by atoms with Crippen LogP contribution in [-0.4, -0.2) is 18.7 Å². The lowest BCUT2D eigenvalue weighted by atomic mass is 9.71. The molecule has 0 bridgehead atoms. The highest BCUT2D eigenvalue weighted by atomic mass is 16.5. The summed E-state index contributed by atoms with van der Waals surface area (Å²) in [5.74, 6) is 0.389. The Kier molecular flexibility index (Phi) is 5.66. The average Bonchev–Trinajstić information content (AvgIpc) is 3.27. The van der Waals surface area contributed by atoms with Crippen LogP contribution in [0.1, 0.15) is 51.3 Å². The highest BCUT2D eigenvalue weighted by Crippen LogP contribution is 2.54. The predicted molar refractivity (Wildman–Crippen MR) is 178 cm³/mol. The van der Waals surface area contributed by atoms with Gasteiger partial charge in [-0.2, -0.15) is 0 Å². The minimum absolute atomic E-state index is 0.212. The summed E-state index contributed by atoms with van der Waals surface area (Å²) in [4.78, 5) is 29.2. The number of rotatable bonds is 3. The zero-order valence-corrected chi connectivity index (χ0v) is 24.7. The van der Waals surface area contributed by atoms with E-state index in [0.29, 0.717) is 11.1 Å². The molecule has 1 aliphatic heterocycles. The van der Waals surface area contributed by atoms with Crippen LogP contribution in [0.4, 0.5) is 17.1 Å². The van der Waals surface area contributed by atoms with E-state index in [-0.39, 0.29) is 22.6 Å². The van der Waals surface area contributed by atoms with Crippen LogP contribution in [-0.2, 0) is 5.41 Å². The van der Waals surface area contributed by atoms with E-state index in [0.717, 1.165) is 49.9 Å². The molecule has 1 heterocycles. The summed E-state index contributed by atoms with van der Waals surface area (Å²) in [5, 5.41) is 4.08. The Hall–Kier alpha value is -5.48. The molecule has 0 radical (unpaired) electrons. The number of benzene rings is 6. The third-order valence-electron chi connectivity index (χ3n) is 9.20. The maximum absolute atomic E-state index is 13.4. The van der Waals surface area contributed by atoms with Crippen LogP contribution in [0.3, 0.4) is 0 Å². The lowest BCUT2D eigenvalue weighted by Gasteiger charge is -2.43. The van der Waals surface area contributed by atoms with Gasteiger partial charge in [-0.3, -0.25) is 9.59 Å². The highest BCUT2D eigenvalue weighted by molar-refractivity contribution is 6.42. The van der Waals surface area contributed by atoms with Crippen LogP contribution in [0.15, 0.2) is 121 Å². The Labute approximate surface area is 255 Å². The van der Waals surface area contributed by atoms with Gasteiger partial charge in [0.25, 0.3) is 0 Å². The first kappa shape index (κ1) is 26.2. The molecule has 0 saturated carbocycles. The summed E-state index contributed by atoms with van der Waals surface area (Å²) in [6, 6.07) is 38.7. The molecule has 44 heavy (non-hydrogen) atoms. The van der Waals surface area contributed by atoms with Crippen LogP contribution >= 0.6 is 0 Å². The number of carbonyl (C=O) groups excluding carboxylic acids is 2. The van der Waals surface area contributed by atoms with E-state index in [1.54, 1.807) is 13.2 Å². The van der Waals surface area contributed by atoms with Gasteiger partial charge in [0.15, 0.2) is 11.6 Å². The fraction of sp³-hybridized carbons (Fsp3) is 0.100. The van der Waals surface area contributed by atoms with Crippen LogP contribution in [0.2, 0.25) is 0 Å². The molecule has 2 aliphatic rings. The number of ketones is 2. The minimum atomic E-state index is -0.328. The van der Waals surface area contributed by atoms with E-state index in [4.69, 9.17) is 4.74 Å². The quantitative estimate of drug-likeness (QED) is 0.157. The first-order valence-electron chi connectivity index (χ1n) is 14.8. The molecular weight excluding hydrogens is 542 g/mol. The topological polar surface area (TPSA) is 46.6 Å². The van der Waals surface area contributed by atoms with Crippen LogP contribution in [0.5, 0.6) is 5.75 Å². The molecule has 0 unspecified atom stereocenters. The van der Waals surface area contributed by atoms with Crippen LogP contribution < -0.4 is 9.64 Å². The Bertz CT molecular complexity index is 2170. The highest BCUT2D eigenvalue weighted by Gasteiger charge is 2.39. The van der Waals surface area contributed by atoms with Gasteiger partial charge in [0.1, 0.15) is 5.75 Å². The monoisotopic (exact) mass is 571 g/mol. The number of allylic oxidation sites excluding steroid dienone is 1. The van der Waals surface area contributed by atoms with E-state index >= 15 is 0 Å². The number of para-hydroxylation sites is 1. The molecule has 0 amide bonds. The van der Waals surface area contributed by atoms with E-state index in [2.05, 4.69) is 79.4 Å². The van der Waals surface area contributed by atoms with Crippen molar-refractivity contribution in [3.8, 4) is 5.75 Å². The van der Waals surface area contributed by atoms with Crippen molar-refractivity contribution in [3.05, 3.63) is 149 Å². The van der Waals surface area contributed by atoms with Gasteiger partial charge in [0, 0.05) is 22.2 Å². The number of nitrogens with zero attached hydrogens (tertiary/aromatic N) is 1. The Morgan fingerprint density at radius 3 is 2.00 bits per heavy atom. The van der Waals surface area contributed by atoms with E-state index in [1.165, 1.54) is 11.1 Å². The van der Waals surface area contributed by atoms with Crippen molar-refractivity contribution in [2.45, 2.75) is 19.3 Å². The van der Waals surface area contributed by atoms with Crippen molar-refractivity contribution in [1.82, 2.24) is 0 Å². The number of Topliss-reactive ketones (excluding diaryl/α,β-unsaturated/α-hetero) is 2. The molecule has 0 aromatic heterocycles. The van der Waals surface area contributed by atoms with Crippen LogP contribution in [0.25, 0.3) is 27.6 Å². The van der Waals surface area contributed by atoms with Crippen molar-refractivity contribution < 1.29 is 14.3 Å². The second kappa shape index (κ2) is 9.51. The zero-order chi connectivity index (χ0) is 30.2.